The van der Waals surface area contributed by atoms with E-state index in [0.717, 1.165) is 0 Å². The van der Waals surface area contributed by atoms with Gasteiger partial charge in [0.1, 0.15) is 6.61 Å². The van der Waals surface area contributed by atoms with Gasteiger partial charge < -0.3 is 10.1 Å². The highest BCUT2D eigenvalue weighted by Gasteiger charge is 2.31. The Morgan fingerprint density at radius 1 is 1.46 bits per heavy atom. The van der Waals surface area contributed by atoms with E-state index in [-0.39, 0.29) is 29.9 Å². The van der Waals surface area contributed by atoms with Gasteiger partial charge in [0.25, 0.3) is 0 Å². The molecule has 0 aromatic rings. The molecule has 1 aliphatic heterocycles. The largest absolute Gasteiger partial charge is 0.373 e. The van der Waals surface area contributed by atoms with Gasteiger partial charge in [0.2, 0.25) is 0 Å². The van der Waals surface area contributed by atoms with E-state index in [1.807, 2.05) is 6.92 Å². The number of rotatable bonds is 1. The van der Waals surface area contributed by atoms with E-state index >= 15 is 0 Å². The minimum atomic E-state index is -0.0336. The van der Waals surface area contributed by atoms with Crippen LogP contribution in [0.4, 0.5) is 0 Å². The number of carbonyl (C=O) groups is 1. The lowest BCUT2D eigenvalue weighted by atomic mass is 9.93. The molecule has 1 fully saturated rings. The van der Waals surface area contributed by atoms with Crippen molar-refractivity contribution in [2.45, 2.75) is 39.3 Å². The molecule has 76 valence electrons. The average molecular weight is 185 g/mol. The van der Waals surface area contributed by atoms with Crippen LogP contribution in [-0.4, -0.2) is 30.6 Å². The first-order chi connectivity index (χ1) is 5.90. The molecule has 2 unspecified atom stereocenters. The summed E-state index contributed by atoms with van der Waals surface area (Å²) in [5.74, 6) is 0.453. The van der Waals surface area contributed by atoms with Crippen molar-refractivity contribution in [3.63, 3.8) is 0 Å². The zero-order valence-electron chi connectivity index (χ0n) is 8.89. The second-order valence-electron chi connectivity index (χ2n) is 4.83. The SMILES string of the molecule is CC1COCC(=O)C1NC(C)(C)C. The Kier molecular flexibility index (Phi) is 3.09. The molecule has 1 N–H and O–H groups in total. The molecule has 13 heavy (non-hydrogen) atoms. The maximum absolute atomic E-state index is 11.5. The normalized spacial score (nSPS) is 30.6. The van der Waals surface area contributed by atoms with Crippen LogP contribution in [0.5, 0.6) is 0 Å². The minimum absolute atomic E-state index is 0.00801. The van der Waals surface area contributed by atoms with Crippen molar-refractivity contribution in [3.8, 4) is 0 Å². The van der Waals surface area contributed by atoms with E-state index in [1.54, 1.807) is 0 Å². The summed E-state index contributed by atoms with van der Waals surface area (Å²) in [4.78, 5) is 11.5. The van der Waals surface area contributed by atoms with Crippen LogP contribution < -0.4 is 5.32 Å². The van der Waals surface area contributed by atoms with E-state index in [9.17, 15) is 4.79 Å². The van der Waals surface area contributed by atoms with Crippen LogP contribution in [0.2, 0.25) is 0 Å². The van der Waals surface area contributed by atoms with Gasteiger partial charge in [-0.1, -0.05) is 6.92 Å². The summed E-state index contributed by atoms with van der Waals surface area (Å²) in [7, 11) is 0. The monoisotopic (exact) mass is 185 g/mol. The number of hydrogen-bond acceptors (Lipinski definition) is 3. The van der Waals surface area contributed by atoms with Gasteiger partial charge in [-0.2, -0.15) is 0 Å². The van der Waals surface area contributed by atoms with Gasteiger partial charge in [-0.3, -0.25) is 4.79 Å². The summed E-state index contributed by atoms with van der Waals surface area (Å²) < 4.78 is 5.15. The third kappa shape index (κ3) is 3.08. The Morgan fingerprint density at radius 3 is 2.54 bits per heavy atom. The Hall–Kier alpha value is -0.410. The minimum Gasteiger partial charge on any atom is -0.373 e. The van der Waals surface area contributed by atoms with E-state index in [1.165, 1.54) is 0 Å². The molecule has 0 aliphatic carbocycles. The van der Waals surface area contributed by atoms with E-state index in [4.69, 9.17) is 4.74 Å². The highest BCUT2D eigenvalue weighted by atomic mass is 16.5. The first kappa shape index (κ1) is 10.7. The van der Waals surface area contributed by atoms with Gasteiger partial charge in [0.15, 0.2) is 5.78 Å². The van der Waals surface area contributed by atoms with Gasteiger partial charge in [0, 0.05) is 11.5 Å². The van der Waals surface area contributed by atoms with Crippen LogP contribution in [-0.2, 0) is 9.53 Å². The van der Waals surface area contributed by atoms with Crippen LogP contribution in [0.3, 0.4) is 0 Å². The Balaban J connectivity index is 2.59. The first-order valence-electron chi connectivity index (χ1n) is 4.78. The predicted molar refractivity (Wildman–Crippen MR) is 51.7 cm³/mol. The highest BCUT2D eigenvalue weighted by Crippen LogP contribution is 2.14. The molecular formula is C10H19NO2. The smallest absolute Gasteiger partial charge is 0.175 e. The van der Waals surface area contributed by atoms with Crippen LogP contribution >= 0.6 is 0 Å². The Morgan fingerprint density at radius 2 is 2.08 bits per heavy atom. The number of ketones is 1. The van der Waals surface area contributed by atoms with Crippen molar-refractivity contribution in [3.05, 3.63) is 0 Å². The van der Waals surface area contributed by atoms with Gasteiger partial charge in [0.05, 0.1) is 12.6 Å². The van der Waals surface area contributed by atoms with Crippen LogP contribution in [0.25, 0.3) is 0 Å². The molecular weight excluding hydrogens is 166 g/mol. The van der Waals surface area contributed by atoms with Crippen molar-refractivity contribution in [1.82, 2.24) is 5.32 Å². The van der Waals surface area contributed by atoms with Crippen molar-refractivity contribution in [2.75, 3.05) is 13.2 Å². The lowest BCUT2D eigenvalue weighted by Gasteiger charge is -2.34. The van der Waals surface area contributed by atoms with E-state index < -0.39 is 0 Å². The van der Waals surface area contributed by atoms with Gasteiger partial charge in [-0.25, -0.2) is 0 Å². The maximum Gasteiger partial charge on any atom is 0.175 e. The third-order valence-corrected chi connectivity index (χ3v) is 2.13. The zero-order chi connectivity index (χ0) is 10.1. The van der Waals surface area contributed by atoms with Crippen LogP contribution in [0, 0.1) is 5.92 Å². The predicted octanol–water partition coefficient (Wildman–Crippen LogP) is 0.978. The number of carbonyl (C=O) groups excluding carboxylic acids is 1. The molecule has 3 nitrogen and oxygen atoms in total. The third-order valence-electron chi connectivity index (χ3n) is 2.13. The molecule has 1 aliphatic rings. The van der Waals surface area contributed by atoms with Crippen LogP contribution in [0.1, 0.15) is 27.7 Å². The average Bonchev–Trinajstić information content (AvgIpc) is 1.95. The summed E-state index contributed by atoms with van der Waals surface area (Å²) in [5.41, 5.74) is -0.00801. The molecule has 0 saturated carbocycles. The molecule has 0 aromatic carbocycles. The standard InChI is InChI=1S/C10H19NO2/c1-7-5-13-6-8(12)9(7)11-10(2,3)4/h7,9,11H,5-6H2,1-4H3. The second kappa shape index (κ2) is 3.76. The number of Topliss-reactive ketones (excluding diaryl/α,β-unsaturated/α-hetero) is 1. The molecule has 0 spiro atoms. The summed E-state index contributed by atoms with van der Waals surface area (Å²) in [5, 5.41) is 3.33. The second-order valence-corrected chi connectivity index (χ2v) is 4.83. The summed E-state index contributed by atoms with van der Waals surface area (Å²) in [6.45, 7) is 9.20. The quantitative estimate of drug-likeness (QED) is 0.661. The topological polar surface area (TPSA) is 38.3 Å². The number of ether oxygens (including phenoxy) is 1. The lowest BCUT2D eigenvalue weighted by molar-refractivity contribution is -0.133. The Labute approximate surface area is 79.8 Å². The van der Waals surface area contributed by atoms with Crippen molar-refractivity contribution in [1.29, 1.82) is 0 Å². The molecule has 1 rings (SSSR count). The van der Waals surface area contributed by atoms with Crippen molar-refractivity contribution >= 4 is 5.78 Å². The number of hydrogen-bond donors (Lipinski definition) is 1. The zero-order valence-corrected chi connectivity index (χ0v) is 8.89. The summed E-state index contributed by atoms with van der Waals surface area (Å²) in [6.07, 6.45) is 0. The fraction of sp³-hybridized carbons (Fsp3) is 0.900. The molecule has 0 amide bonds. The van der Waals surface area contributed by atoms with Gasteiger partial charge in [-0.05, 0) is 20.8 Å². The maximum atomic E-state index is 11.5. The molecule has 3 heteroatoms. The van der Waals surface area contributed by atoms with E-state index in [0.29, 0.717) is 6.61 Å². The fourth-order valence-electron chi connectivity index (χ4n) is 1.54. The van der Waals surface area contributed by atoms with Crippen molar-refractivity contribution in [2.24, 2.45) is 5.92 Å². The highest BCUT2D eigenvalue weighted by molar-refractivity contribution is 5.86. The number of nitrogens with one attached hydrogen (secondary N) is 1. The van der Waals surface area contributed by atoms with Gasteiger partial charge in [-0.15, -0.1) is 0 Å². The summed E-state index contributed by atoms with van der Waals surface area (Å²) >= 11 is 0. The first-order valence-corrected chi connectivity index (χ1v) is 4.78. The lowest BCUT2D eigenvalue weighted by Crippen LogP contribution is -2.55. The van der Waals surface area contributed by atoms with E-state index in [2.05, 4.69) is 26.1 Å². The molecule has 0 radical (unpaired) electrons. The molecule has 0 bridgehead atoms. The molecule has 1 heterocycles. The van der Waals surface area contributed by atoms with Gasteiger partial charge >= 0.3 is 0 Å². The van der Waals surface area contributed by atoms with Crippen LogP contribution in [0.15, 0.2) is 0 Å². The van der Waals surface area contributed by atoms with Crippen molar-refractivity contribution < 1.29 is 9.53 Å². The summed E-state index contributed by atoms with van der Waals surface area (Å²) in [6, 6.07) is -0.0336. The Bertz CT molecular complexity index is 196. The molecule has 1 saturated heterocycles. The molecule has 2 atom stereocenters. The fourth-order valence-corrected chi connectivity index (χ4v) is 1.54. The molecule has 0 aromatic heterocycles.